The van der Waals surface area contributed by atoms with Crippen molar-refractivity contribution in [3.05, 3.63) is 29.6 Å². The Morgan fingerprint density at radius 2 is 2.06 bits per heavy atom. The summed E-state index contributed by atoms with van der Waals surface area (Å²) in [4.78, 5) is 0. The van der Waals surface area contributed by atoms with Crippen LogP contribution in [0, 0.1) is 17.1 Å². The molecular formula is C11H9F4NO. The minimum atomic E-state index is -4.78. The standard InChI is InChI=1S/C11H9F4NO/c1-2-7(6-16)17-8-3-4-10(12)9(5-8)11(13,14)15/h3-5,7H,2H2,1H3. The van der Waals surface area contributed by atoms with Crippen LogP contribution in [0.5, 0.6) is 5.75 Å². The Hall–Kier alpha value is -1.77. The minimum absolute atomic E-state index is 0.174. The van der Waals surface area contributed by atoms with Gasteiger partial charge in [-0.25, -0.2) is 4.39 Å². The summed E-state index contributed by atoms with van der Waals surface area (Å²) in [6.07, 6.45) is -5.30. The Balaban J connectivity index is 3.02. The second-order valence-electron chi connectivity index (χ2n) is 3.28. The van der Waals surface area contributed by atoms with Gasteiger partial charge >= 0.3 is 6.18 Å². The van der Waals surface area contributed by atoms with Gasteiger partial charge in [0.1, 0.15) is 17.6 Å². The molecule has 0 saturated heterocycles. The lowest BCUT2D eigenvalue weighted by atomic mass is 10.2. The van der Waals surface area contributed by atoms with Crippen LogP contribution in [-0.2, 0) is 6.18 Å². The molecule has 0 saturated carbocycles. The van der Waals surface area contributed by atoms with Crippen LogP contribution in [0.1, 0.15) is 18.9 Å². The van der Waals surface area contributed by atoms with Crippen LogP contribution in [0.4, 0.5) is 17.6 Å². The Kier molecular flexibility index (Phi) is 3.94. The summed E-state index contributed by atoms with van der Waals surface area (Å²) in [5.41, 5.74) is -1.40. The van der Waals surface area contributed by atoms with Crippen molar-refractivity contribution in [1.82, 2.24) is 0 Å². The molecule has 0 radical (unpaired) electrons. The summed E-state index contributed by atoms with van der Waals surface area (Å²) in [6, 6.07) is 4.06. The molecular weight excluding hydrogens is 238 g/mol. The summed E-state index contributed by atoms with van der Waals surface area (Å²) in [7, 11) is 0. The zero-order chi connectivity index (χ0) is 13.1. The van der Waals surface area contributed by atoms with Crippen molar-refractivity contribution in [3.8, 4) is 11.8 Å². The summed E-state index contributed by atoms with van der Waals surface area (Å²) in [6.45, 7) is 1.65. The SMILES string of the molecule is CCC(C#N)Oc1ccc(F)c(C(F)(F)F)c1. The van der Waals surface area contributed by atoms with E-state index in [1.54, 1.807) is 13.0 Å². The zero-order valence-corrected chi connectivity index (χ0v) is 8.88. The molecule has 0 amide bonds. The molecule has 1 rings (SSSR count). The maximum Gasteiger partial charge on any atom is 0.419 e. The average Bonchev–Trinajstić information content (AvgIpc) is 2.26. The number of hydrogen-bond donors (Lipinski definition) is 0. The second-order valence-corrected chi connectivity index (χ2v) is 3.28. The first-order valence-corrected chi connectivity index (χ1v) is 4.81. The fourth-order valence-corrected chi connectivity index (χ4v) is 1.16. The first-order chi connectivity index (χ1) is 7.88. The van der Waals surface area contributed by atoms with E-state index in [4.69, 9.17) is 10.00 Å². The molecule has 1 unspecified atom stereocenters. The van der Waals surface area contributed by atoms with Gasteiger partial charge in [-0.2, -0.15) is 18.4 Å². The lowest BCUT2D eigenvalue weighted by Gasteiger charge is -2.13. The predicted molar refractivity (Wildman–Crippen MR) is 51.7 cm³/mol. The van der Waals surface area contributed by atoms with Gasteiger partial charge in [0.15, 0.2) is 6.10 Å². The number of ether oxygens (including phenoxy) is 1. The van der Waals surface area contributed by atoms with Gasteiger partial charge in [0, 0.05) is 0 Å². The maximum atomic E-state index is 12.9. The van der Waals surface area contributed by atoms with E-state index in [9.17, 15) is 17.6 Å². The van der Waals surface area contributed by atoms with Crippen molar-refractivity contribution in [1.29, 1.82) is 5.26 Å². The Morgan fingerprint density at radius 1 is 1.41 bits per heavy atom. The van der Waals surface area contributed by atoms with Crippen molar-refractivity contribution >= 4 is 0 Å². The van der Waals surface area contributed by atoms with Crippen LogP contribution in [-0.4, -0.2) is 6.10 Å². The number of nitriles is 1. The van der Waals surface area contributed by atoms with Gasteiger partial charge in [-0.05, 0) is 24.6 Å². The first-order valence-electron chi connectivity index (χ1n) is 4.81. The summed E-state index contributed by atoms with van der Waals surface area (Å²) < 4.78 is 55.0. The van der Waals surface area contributed by atoms with Crippen molar-refractivity contribution in [3.63, 3.8) is 0 Å². The quantitative estimate of drug-likeness (QED) is 0.765. The fourth-order valence-electron chi connectivity index (χ4n) is 1.16. The van der Waals surface area contributed by atoms with Crippen LogP contribution in [0.15, 0.2) is 18.2 Å². The smallest absolute Gasteiger partial charge is 0.419 e. The molecule has 6 heteroatoms. The molecule has 0 aliphatic carbocycles. The predicted octanol–water partition coefficient (Wildman–Crippen LogP) is 3.53. The highest BCUT2D eigenvalue weighted by atomic mass is 19.4. The van der Waals surface area contributed by atoms with Gasteiger partial charge in [-0.15, -0.1) is 0 Å². The van der Waals surface area contributed by atoms with E-state index in [1.165, 1.54) is 0 Å². The first kappa shape index (κ1) is 13.3. The third-order valence-corrected chi connectivity index (χ3v) is 2.04. The average molecular weight is 247 g/mol. The van der Waals surface area contributed by atoms with Crippen LogP contribution in [0.2, 0.25) is 0 Å². The molecule has 2 nitrogen and oxygen atoms in total. The molecule has 0 aliphatic rings. The zero-order valence-electron chi connectivity index (χ0n) is 8.88. The van der Waals surface area contributed by atoms with Crippen LogP contribution < -0.4 is 4.74 Å². The van der Waals surface area contributed by atoms with Crippen LogP contribution >= 0.6 is 0 Å². The van der Waals surface area contributed by atoms with Crippen molar-refractivity contribution in [2.24, 2.45) is 0 Å². The molecule has 92 valence electrons. The molecule has 1 atom stereocenters. The molecule has 0 bridgehead atoms. The van der Waals surface area contributed by atoms with Crippen LogP contribution in [0.3, 0.4) is 0 Å². The van der Waals surface area contributed by atoms with Crippen molar-refractivity contribution < 1.29 is 22.3 Å². The van der Waals surface area contributed by atoms with E-state index in [2.05, 4.69) is 0 Å². The number of halogens is 4. The number of hydrogen-bond acceptors (Lipinski definition) is 2. The highest BCUT2D eigenvalue weighted by Crippen LogP contribution is 2.33. The van der Waals surface area contributed by atoms with E-state index in [-0.39, 0.29) is 5.75 Å². The van der Waals surface area contributed by atoms with Gasteiger partial charge in [-0.1, -0.05) is 6.92 Å². The number of rotatable bonds is 3. The highest BCUT2D eigenvalue weighted by Gasteiger charge is 2.34. The third kappa shape index (κ3) is 3.34. The molecule has 1 aromatic rings. The molecule has 1 aromatic carbocycles. The van der Waals surface area contributed by atoms with E-state index in [1.807, 2.05) is 0 Å². The van der Waals surface area contributed by atoms with Gasteiger partial charge < -0.3 is 4.74 Å². The molecule has 0 fully saturated rings. The van der Waals surface area contributed by atoms with E-state index < -0.39 is 23.7 Å². The Labute approximate surface area is 95.4 Å². The van der Waals surface area contributed by atoms with E-state index >= 15 is 0 Å². The lowest BCUT2D eigenvalue weighted by Crippen LogP contribution is -2.14. The maximum absolute atomic E-state index is 12.9. The Bertz CT molecular complexity index is 436. The van der Waals surface area contributed by atoms with Crippen LogP contribution in [0.25, 0.3) is 0 Å². The van der Waals surface area contributed by atoms with Gasteiger partial charge in [0.05, 0.1) is 5.56 Å². The van der Waals surface area contributed by atoms with Gasteiger partial charge in [-0.3, -0.25) is 0 Å². The molecule has 0 aliphatic heterocycles. The summed E-state index contributed by atoms with van der Waals surface area (Å²) >= 11 is 0. The largest absolute Gasteiger partial charge is 0.476 e. The molecule has 17 heavy (non-hydrogen) atoms. The fraction of sp³-hybridized carbons (Fsp3) is 0.364. The topological polar surface area (TPSA) is 33.0 Å². The second kappa shape index (κ2) is 5.04. The van der Waals surface area contributed by atoms with E-state index in [0.29, 0.717) is 18.6 Å². The molecule has 0 N–H and O–H groups in total. The molecule has 0 aromatic heterocycles. The summed E-state index contributed by atoms with van der Waals surface area (Å²) in [5, 5.41) is 8.60. The highest BCUT2D eigenvalue weighted by molar-refractivity contribution is 5.32. The number of nitrogens with zero attached hydrogens (tertiary/aromatic N) is 1. The van der Waals surface area contributed by atoms with Crippen molar-refractivity contribution in [2.75, 3.05) is 0 Å². The molecule has 0 heterocycles. The minimum Gasteiger partial charge on any atom is -0.476 e. The third-order valence-electron chi connectivity index (χ3n) is 2.04. The normalized spacial score (nSPS) is 12.9. The summed E-state index contributed by atoms with van der Waals surface area (Å²) in [5.74, 6) is -1.54. The van der Waals surface area contributed by atoms with Gasteiger partial charge in [0.2, 0.25) is 0 Å². The monoisotopic (exact) mass is 247 g/mol. The van der Waals surface area contributed by atoms with E-state index in [0.717, 1.165) is 6.07 Å². The number of benzene rings is 1. The van der Waals surface area contributed by atoms with Gasteiger partial charge in [0.25, 0.3) is 0 Å². The lowest BCUT2D eigenvalue weighted by molar-refractivity contribution is -0.140. The van der Waals surface area contributed by atoms with Crippen molar-refractivity contribution in [2.45, 2.75) is 25.6 Å². The molecule has 0 spiro atoms. The Morgan fingerprint density at radius 3 is 2.53 bits per heavy atom. The number of alkyl halides is 3.